The number of aromatic nitrogens is 1. The van der Waals surface area contributed by atoms with Gasteiger partial charge in [0, 0.05) is 33.5 Å². The molecule has 0 unspecified atom stereocenters. The van der Waals surface area contributed by atoms with Crippen molar-refractivity contribution in [1.29, 1.82) is 0 Å². The van der Waals surface area contributed by atoms with Crippen LogP contribution in [0.3, 0.4) is 0 Å². The van der Waals surface area contributed by atoms with Gasteiger partial charge in [-0.25, -0.2) is 4.98 Å². The average molecular weight is 553 g/mol. The Kier molecular flexibility index (Phi) is 5.16. The van der Waals surface area contributed by atoms with E-state index in [4.69, 9.17) is 13.8 Å². The molecule has 0 aliphatic heterocycles. The normalized spacial score (nSPS) is 11.7. The Morgan fingerprint density at radius 2 is 1.16 bits per heavy atom. The second kappa shape index (κ2) is 9.33. The van der Waals surface area contributed by atoms with E-state index in [2.05, 4.69) is 108 Å². The molecule has 9 aromatic rings. The van der Waals surface area contributed by atoms with Crippen LogP contribution in [0.25, 0.3) is 66.0 Å². The maximum atomic E-state index is 6.71. The zero-order valence-electron chi connectivity index (χ0n) is 23.1. The number of anilines is 3. The first-order chi connectivity index (χ1) is 21.3. The standard InChI is InChI=1S/C39H24N2O2/c1-3-12-25(13-4-1)39-40-33-24-36-32(23-37(33)43-39)31-20-11-21-34(38(31)42-36)41(27-15-5-2-6-16-27)35-22-26-14-7-8-17-28(26)29-18-9-10-19-30(29)35/h1-24H. The lowest BCUT2D eigenvalue weighted by Gasteiger charge is -2.27. The Morgan fingerprint density at radius 1 is 0.465 bits per heavy atom. The fourth-order valence-corrected chi connectivity index (χ4v) is 6.29. The molecule has 2 aromatic heterocycles. The van der Waals surface area contributed by atoms with Gasteiger partial charge in [-0.15, -0.1) is 0 Å². The fourth-order valence-electron chi connectivity index (χ4n) is 6.29. The van der Waals surface area contributed by atoms with Crippen molar-refractivity contribution < 1.29 is 8.83 Å². The minimum Gasteiger partial charge on any atom is -0.454 e. The average Bonchev–Trinajstić information content (AvgIpc) is 3.66. The number of benzene rings is 7. The van der Waals surface area contributed by atoms with Gasteiger partial charge in [0.05, 0.1) is 11.4 Å². The van der Waals surface area contributed by atoms with Gasteiger partial charge in [-0.3, -0.25) is 0 Å². The number of hydrogen-bond acceptors (Lipinski definition) is 4. The largest absolute Gasteiger partial charge is 0.454 e. The summed E-state index contributed by atoms with van der Waals surface area (Å²) >= 11 is 0. The highest BCUT2D eigenvalue weighted by molar-refractivity contribution is 6.17. The van der Waals surface area contributed by atoms with E-state index < -0.39 is 0 Å². The van der Waals surface area contributed by atoms with Crippen molar-refractivity contribution in [1.82, 2.24) is 4.98 Å². The molecular formula is C39H24N2O2. The third kappa shape index (κ3) is 3.74. The van der Waals surface area contributed by atoms with Gasteiger partial charge in [-0.05, 0) is 58.6 Å². The van der Waals surface area contributed by atoms with E-state index in [1.807, 2.05) is 42.5 Å². The summed E-state index contributed by atoms with van der Waals surface area (Å²) in [4.78, 5) is 7.10. The van der Waals surface area contributed by atoms with Crippen LogP contribution in [0.5, 0.6) is 0 Å². The van der Waals surface area contributed by atoms with E-state index >= 15 is 0 Å². The lowest BCUT2D eigenvalue weighted by molar-refractivity contribution is 0.620. The van der Waals surface area contributed by atoms with E-state index in [1.54, 1.807) is 0 Å². The quantitative estimate of drug-likeness (QED) is 0.204. The first kappa shape index (κ1) is 23.8. The smallest absolute Gasteiger partial charge is 0.227 e. The number of rotatable bonds is 4. The van der Waals surface area contributed by atoms with Gasteiger partial charge < -0.3 is 13.7 Å². The third-order valence-corrected chi connectivity index (χ3v) is 8.25. The predicted molar refractivity (Wildman–Crippen MR) is 176 cm³/mol. The monoisotopic (exact) mass is 552 g/mol. The van der Waals surface area contributed by atoms with Crippen LogP contribution in [0.15, 0.2) is 154 Å². The van der Waals surface area contributed by atoms with E-state index in [-0.39, 0.29) is 0 Å². The molecule has 4 nitrogen and oxygen atoms in total. The third-order valence-electron chi connectivity index (χ3n) is 8.25. The molecule has 0 saturated heterocycles. The highest BCUT2D eigenvalue weighted by Gasteiger charge is 2.22. The van der Waals surface area contributed by atoms with Gasteiger partial charge in [0.15, 0.2) is 11.2 Å². The molecule has 0 atom stereocenters. The first-order valence-electron chi connectivity index (χ1n) is 14.4. The summed E-state index contributed by atoms with van der Waals surface area (Å²) in [5.41, 5.74) is 7.16. The topological polar surface area (TPSA) is 42.4 Å². The molecule has 202 valence electrons. The van der Waals surface area contributed by atoms with Crippen molar-refractivity contribution in [3.05, 3.63) is 146 Å². The van der Waals surface area contributed by atoms with E-state index in [0.717, 1.165) is 55.7 Å². The van der Waals surface area contributed by atoms with Gasteiger partial charge in [0.2, 0.25) is 5.89 Å². The summed E-state index contributed by atoms with van der Waals surface area (Å²) in [5.74, 6) is 0.603. The predicted octanol–water partition coefficient (Wildman–Crippen LogP) is 11.2. The molecule has 0 aliphatic rings. The minimum atomic E-state index is 0.603. The number of oxazole rings is 1. The van der Waals surface area contributed by atoms with E-state index in [1.165, 1.54) is 21.5 Å². The van der Waals surface area contributed by atoms with Crippen molar-refractivity contribution in [2.75, 3.05) is 4.90 Å². The van der Waals surface area contributed by atoms with E-state index in [0.29, 0.717) is 5.89 Å². The second-order valence-electron chi connectivity index (χ2n) is 10.8. The Labute approximate surface area is 247 Å². The number of furan rings is 1. The highest BCUT2D eigenvalue weighted by Crippen LogP contribution is 2.46. The number of fused-ring (bicyclic) bond motifs is 7. The Bertz CT molecular complexity index is 2460. The number of hydrogen-bond donors (Lipinski definition) is 0. The molecule has 4 heteroatoms. The maximum absolute atomic E-state index is 6.71. The zero-order chi connectivity index (χ0) is 28.3. The van der Waals surface area contributed by atoms with Crippen LogP contribution in [-0.4, -0.2) is 4.98 Å². The van der Waals surface area contributed by atoms with Crippen LogP contribution in [0, 0.1) is 0 Å². The molecule has 0 amide bonds. The molecule has 0 fully saturated rings. The molecule has 0 spiro atoms. The van der Waals surface area contributed by atoms with Crippen LogP contribution in [0.1, 0.15) is 0 Å². The van der Waals surface area contributed by atoms with Gasteiger partial charge in [0.1, 0.15) is 11.1 Å². The van der Waals surface area contributed by atoms with Crippen LogP contribution in [-0.2, 0) is 0 Å². The van der Waals surface area contributed by atoms with Gasteiger partial charge >= 0.3 is 0 Å². The molecule has 43 heavy (non-hydrogen) atoms. The second-order valence-corrected chi connectivity index (χ2v) is 10.8. The fraction of sp³-hybridized carbons (Fsp3) is 0. The van der Waals surface area contributed by atoms with Crippen LogP contribution in [0.2, 0.25) is 0 Å². The molecule has 0 saturated carbocycles. The molecule has 0 radical (unpaired) electrons. The van der Waals surface area contributed by atoms with Gasteiger partial charge in [0.25, 0.3) is 0 Å². The molecule has 9 rings (SSSR count). The summed E-state index contributed by atoms with van der Waals surface area (Å²) in [6.45, 7) is 0. The van der Waals surface area contributed by atoms with Crippen molar-refractivity contribution in [3.8, 4) is 11.5 Å². The Hall–Kier alpha value is -5.87. The minimum absolute atomic E-state index is 0.603. The van der Waals surface area contributed by atoms with Crippen molar-refractivity contribution in [2.24, 2.45) is 0 Å². The lowest BCUT2D eigenvalue weighted by Crippen LogP contribution is -2.10. The van der Waals surface area contributed by atoms with Crippen molar-refractivity contribution >= 4 is 71.6 Å². The van der Waals surface area contributed by atoms with E-state index in [9.17, 15) is 0 Å². The number of para-hydroxylation sites is 2. The molecule has 0 bridgehead atoms. The zero-order valence-corrected chi connectivity index (χ0v) is 23.1. The molecule has 2 heterocycles. The van der Waals surface area contributed by atoms with Crippen LogP contribution < -0.4 is 4.90 Å². The summed E-state index contributed by atoms with van der Waals surface area (Å²) in [7, 11) is 0. The van der Waals surface area contributed by atoms with Crippen molar-refractivity contribution in [3.63, 3.8) is 0 Å². The molecule has 0 N–H and O–H groups in total. The maximum Gasteiger partial charge on any atom is 0.227 e. The first-order valence-corrected chi connectivity index (χ1v) is 14.4. The Morgan fingerprint density at radius 3 is 2.00 bits per heavy atom. The Balaban J connectivity index is 1.31. The summed E-state index contributed by atoms with van der Waals surface area (Å²) < 4.78 is 12.9. The summed E-state index contributed by atoms with van der Waals surface area (Å²) in [6, 6.07) is 50.4. The lowest BCUT2D eigenvalue weighted by atomic mass is 9.99. The summed E-state index contributed by atoms with van der Waals surface area (Å²) in [5, 5.41) is 6.84. The molecule has 0 aliphatic carbocycles. The van der Waals surface area contributed by atoms with Gasteiger partial charge in [-0.1, -0.05) is 97.1 Å². The van der Waals surface area contributed by atoms with Crippen LogP contribution >= 0.6 is 0 Å². The SMILES string of the molecule is c1ccc(-c2nc3cc4oc5c(N(c6ccccc6)c6cc7ccccc7c7ccccc67)cccc5c4cc3o2)cc1. The molecular weight excluding hydrogens is 528 g/mol. The highest BCUT2D eigenvalue weighted by atomic mass is 16.4. The van der Waals surface area contributed by atoms with Crippen molar-refractivity contribution in [2.45, 2.75) is 0 Å². The number of nitrogens with zero attached hydrogens (tertiary/aromatic N) is 2. The molecule has 7 aromatic carbocycles. The van der Waals surface area contributed by atoms with Gasteiger partial charge in [-0.2, -0.15) is 0 Å². The van der Waals surface area contributed by atoms with Crippen LogP contribution in [0.4, 0.5) is 17.1 Å². The summed E-state index contributed by atoms with van der Waals surface area (Å²) in [6.07, 6.45) is 0.